The van der Waals surface area contributed by atoms with Crippen LogP contribution >= 0.6 is 11.3 Å². The summed E-state index contributed by atoms with van der Waals surface area (Å²) in [5.41, 5.74) is 1.32. The van der Waals surface area contributed by atoms with Crippen molar-refractivity contribution >= 4 is 17.6 Å². The number of thiophene rings is 1. The summed E-state index contributed by atoms with van der Waals surface area (Å²) < 4.78 is 0. The second-order valence-corrected chi connectivity index (χ2v) is 3.09. The molecule has 0 atom stereocenters. The van der Waals surface area contributed by atoms with Crippen LogP contribution in [0.3, 0.4) is 0 Å². The molecule has 0 unspecified atom stereocenters. The highest BCUT2D eigenvalue weighted by molar-refractivity contribution is 7.10. The molecular weight excluding hydrogens is 144 g/mol. The molecule has 0 N–H and O–H groups in total. The van der Waals surface area contributed by atoms with Gasteiger partial charge in [0.15, 0.2) is 0 Å². The van der Waals surface area contributed by atoms with E-state index in [9.17, 15) is 4.79 Å². The first-order valence-corrected chi connectivity index (χ1v) is 4.25. The van der Waals surface area contributed by atoms with Gasteiger partial charge in [-0.25, -0.2) is 0 Å². The Bertz CT molecular complexity index is 215. The van der Waals surface area contributed by atoms with Gasteiger partial charge in [0.2, 0.25) is 0 Å². The molecule has 0 saturated heterocycles. The van der Waals surface area contributed by atoms with Crippen molar-refractivity contribution in [1.29, 1.82) is 0 Å². The van der Waals surface area contributed by atoms with Gasteiger partial charge in [-0.15, -0.1) is 11.3 Å². The predicted octanol–water partition coefficient (Wildman–Crippen LogP) is 2.05. The molecule has 1 nitrogen and oxygen atoms in total. The van der Waals surface area contributed by atoms with Crippen molar-refractivity contribution in [2.75, 3.05) is 0 Å². The molecule has 0 radical (unpaired) electrons. The minimum atomic E-state index is 0.584. The lowest BCUT2D eigenvalue weighted by Crippen LogP contribution is -1.85. The van der Waals surface area contributed by atoms with Crippen LogP contribution < -0.4 is 0 Å². The normalized spacial score (nSPS) is 9.70. The SMILES string of the molecule is CCc1ccsc1CC=O. The molecular formula is C8H10OS. The Balaban J connectivity index is 2.79. The van der Waals surface area contributed by atoms with E-state index in [1.54, 1.807) is 11.3 Å². The van der Waals surface area contributed by atoms with Gasteiger partial charge in [-0.3, -0.25) is 0 Å². The van der Waals surface area contributed by atoms with E-state index in [4.69, 9.17) is 0 Å². The largest absolute Gasteiger partial charge is 0.303 e. The Kier molecular flexibility index (Phi) is 2.63. The van der Waals surface area contributed by atoms with Gasteiger partial charge < -0.3 is 4.79 Å². The van der Waals surface area contributed by atoms with Crippen molar-refractivity contribution in [3.8, 4) is 0 Å². The van der Waals surface area contributed by atoms with Gasteiger partial charge in [0.1, 0.15) is 6.29 Å². The zero-order valence-corrected chi connectivity index (χ0v) is 6.78. The van der Waals surface area contributed by atoms with E-state index in [-0.39, 0.29) is 0 Å². The van der Waals surface area contributed by atoms with Gasteiger partial charge >= 0.3 is 0 Å². The van der Waals surface area contributed by atoms with Crippen molar-refractivity contribution in [2.24, 2.45) is 0 Å². The van der Waals surface area contributed by atoms with Crippen LogP contribution in [0.15, 0.2) is 11.4 Å². The summed E-state index contributed by atoms with van der Waals surface area (Å²) in [4.78, 5) is 11.4. The Morgan fingerprint density at radius 3 is 3.10 bits per heavy atom. The molecule has 1 heterocycles. The lowest BCUT2D eigenvalue weighted by molar-refractivity contribution is -0.107. The fraction of sp³-hybridized carbons (Fsp3) is 0.375. The average molecular weight is 154 g/mol. The van der Waals surface area contributed by atoms with E-state index in [1.807, 2.05) is 5.38 Å². The molecule has 0 saturated carbocycles. The quantitative estimate of drug-likeness (QED) is 0.609. The van der Waals surface area contributed by atoms with E-state index >= 15 is 0 Å². The summed E-state index contributed by atoms with van der Waals surface area (Å²) in [5.74, 6) is 0. The number of aldehydes is 1. The van der Waals surface area contributed by atoms with Crippen LogP contribution in [0.5, 0.6) is 0 Å². The van der Waals surface area contributed by atoms with Crippen LogP contribution in [0.4, 0.5) is 0 Å². The maximum absolute atomic E-state index is 10.1. The van der Waals surface area contributed by atoms with Crippen molar-refractivity contribution in [1.82, 2.24) is 0 Å². The maximum Gasteiger partial charge on any atom is 0.125 e. The second-order valence-electron chi connectivity index (χ2n) is 2.09. The molecule has 10 heavy (non-hydrogen) atoms. The number of aryl methyl sites for hydroxylation is 1. The minimum Gasteiger partial charge on any atom is -0.303 e. The fourth-order valence-electron chi connectivity index (χ4n) is 0.937. The Morgan fingerprint density at radius 1 is 1.70 bits per heavy atom. The molecule has 54 valence electrons. The molecule has 1 rings (SSSR count). The summed E-state index contributed by atoms with van der Waals surface area (Å²) >= 11 is 1.67. The first-order chi connectivity index (χ1) is 4.88. The average Bonchev–Trinajstić information content (AvgIpc) is 2.36. The summed E-state index contributed by atoms with van der Waals surface area (Å²) in [6.45, 7) is 2.11. The number of hydrogen-bond acceptors (Lipinski definition) is 2. The number of rotatable bonds is 3. The van der Waals surface area contributed by atoms with Crippen molar-refractivity contribution < 1.29 is 4.79 Å². The molecule has 0 spiro atoms. The lowest BCUT2D eigenvalue weighted by Gasteiger charge is -1.92. The van der Waals surface area contributed by atoms with Crippen LogP contribution in [-0.4, -0.2) is 6.29 Å². The van der Waals surface area contributed by atoms with E-state index in [2.05, 4.69) is 13.0 Å². The number of hydrogen-bond donors (Lipinski definition) is 0. The van der Waals surface area contributed by atoms with E-state index in [0.717, 1.165) is 12.7 Å². The third-order valence-electron chi connectivity index (χ3n) is 1.49. The summed E-state index contributed by atoms with van der Waals surface area (Å²) in [7, 11) is 0. The number of carbonyl (C=O) groups is 1. The standard InChI is InChI=1S/C8H10OS/c1-2-7-4-6-10-8(7)3-5-9/h4-6H,2-3H2,1H3. The highest BCUT2D eigenvalue weighted by Crippen LogP contribution is 2.16. The summed E-state index contributed by atoms with van der Waals surface area (Å²) in [6, 6.07) is 2.09. The van der Waals surface area contributed by atoms with Crippen LogP contribution in [0.1, 0.15) is 17.4 Å². The van der Waals surface area contributed by atoms with Gasteiger partial charge in [-0.05, 0) is 23.4 Å². The van der Waals surface area contributed by atoms with Gasteiger partial charge in [-0.1, -0.05) is 6.92 Å². The first-order valence-electron chi connectivity index (χ1n) is 3.37. The second kappa shape index (κ2) is 3.52. The molecule has 0 fully saturated rings. The molecule has 0 aromatic carbocycles. The molecule has 0 amide bonds. The topological polar surface area (TPSA) is 17.1 Å². The molecule has 0 aliphatic heterocycles. The lowest BCUT2D eigenvalue weighted by atomic mass is 10.2. The van der Waals surface area contributed by atoms with Crippen molar-refractivity contribution in [2.45, 2.75) is 19.8 Å². The van der Waals surface area contributed by atoms with Gasteiger partial charge in [0, 0.05) is 11.3 Å². The van der Waals surface area contributed by atoms with Crippen molar-refractivity contribution in [3.05, 3.63) is 21.9 Å². The van der Waals surface area contributed by atoms with E-state index in [0.29, 0.717) is 6.42 Å². The minimum absolute atomic E-state index is 0.584. The van der Waals surface area contributed by atoms with Crippen LogP contribution in [0.2, 0.25) is 0 Å². The highest BCUT2D eigenvalue weighted by atomic mass is 32.1. The molecule has 0 bridgehead atoms. The Hall–Kier alpha value is -0.630. The molecule has 0 aliphatic carbocycles. The maximum atomic E-state index is 10.1. The zero-order valence-electron chi connectivity index (χ0n) is 5.96. The highest BCUT2D eigenvalue weighted by Gasteiger charge is 1.99. The number of carbonyl (C=O) groups excluding carboxylic acids is 1. The van der Waals surface area contributed by atoms with Crippen molar-refractivity contribution in [3.63, 3.8) is 0 Å². The molecule has 1 aromatic heterocycles. The molecule has 2 heteroatoms. The summed E-state index contributed by atoms with van der Waals surface area (Å²) in [5, 5.41) is 2.04. The van der Waals surface area contributed by atoms with Crippen LogP contribution in [0, 0.1) is 0 Å². The van der Waals surface area contributed by atoms with Crippen LogP contribution in [0.25, 0.3) is 0 Å². The molecule has 1 aromatic rings. The van der Waals surface area contributed by atoms with Gasteiger partial charge in [0.25, 0.3) is 0 Å². The van der Waals surface area contributed by atoms with E-state index in [1.165, 1.54) is 10.4 Å². The predicted molar refractivity (Wildman–Crippen MR) is 43.5 cm³/mol. The first kappa shape index (κ1) is 7.48. The van der Waals surface area contributed by atoms with Gasteiger partial charge in [-0.2, -0.15) is 0 Å². The fourth-order valence-corrected chi connectivity index (χ4v) is 1.86. The smallest absolute Gasteiger partial charge is 0.125 e. The monoisotopic (exact) mass is 154 g/mol. The zero-order chi connectivity index (χ0) is 7.40. The Morgan fingerprint density at radius 2 is 2.50 bits per heavy atom. The van der Waals surface area contributed by atoms with Gasteiger partial charge in [0.05, 0.1) is 0 Å². The summed E-state index contributed by atoms with van der Waals surface area (Å²) in [6.07, 6.45) is 2.58. The third kappa shape index (κ3) is 1.45. The van der Waals surface area contributed by atoms with Crippen LogP contribution in [-0.2, 0) is 17.6 Å². The van der Waals surface area contributed by atoms with E-state index < -0.39 is 0 Å². The third-order valence-corrected chi connectivity index (χ3v) is 2.47. The molecule has 0 aliphatic rings. The Labute approximate surface area is 64.7 Å².